The van der Waals surface area contributed by atoms with Crippen LogP contribution in [0.3, 0.4) is 0 Å². The first-order valence-corrected chi connectivity index (χ1v) is 6.77. The van der Waals surface area contributed by atoms with E-state index in [0.717, 1.165) is 6.42 Å². The maximum absolute atomic E-state index is 11.9. The fraction of sp³-hybridized carbons (Fsp3) is 0.214. The number of carbonyl (C=O) groups excluding carboxylic acids is 1. The van der Waals surface area contributed by atoms with Crippen molar-refractivity contribution in [3.05, 3.63) is 46.2 Å². The molecule has 0 atom stereocenters. The van der Waals surface area contributed by atoms with Crippen molar-refractivity contribution in [3.8, 4) is 11.5 Å². The second-order valence-corrected chi connectivity index (χ2v) is 4.97. The lowest BCUT2D eigenvalue weighted by Gasteiger charge is -2.09. The first kappa shape index (κ1) is 13.4. The third-order valence-electron chi connectivity index (χ3n) is 2.70. The fourth-order valence-corrected chi connectivity index (χ4v) is 2.43. The van der Waals surface area contributed by atoms with E-state index in [1.54, 1.807) is 29.5 Å². The number of thiophene rings is 1. The summed E-state index contributed by atoms with van der Waals surface area (Å²) >= 11 is 1.66. The summed E-state index contributed by atoms with van der Waals surface area (Å²) in [6, 6.07) is 8.86. The van der Waals surface area contributed by atoms with Crippen LogP contribution in [0.15, 0.2) is 35.7 Å². The second-order valence-electron chi connectivity index (χ2n) is 3.94. The number of para-hydroxylation sites is 1. The molecule has 100 valence electrons. The van der Waals surface area contributed by atoms with Crippen molar-refractivity contribution in [3.63, 3.8) is 0 Å². The molecule has 2 N–H and O–H groups in total. The summed E-state index contributed by atoms with van der Waals surface area (Å²) in [5.74, 6) is -0.127. The van der Waals surface area contributed by atoms with Gasteiger partial charge in [0.1, 0.15) is 0 Å². The van der Waals surface area contributed by atoms with E-state index in [2.05, 4.69) is 5.32 Å². The van der Waals surface area contributed by atoms with Crippen molar-refractivity contribution >= 4 is 17.2 Å². The van der Waals surface area contributed by atoms with Gasteiger partial charge in [0.15, 0.2) is 11.5 Å². The lowest BCUT2D eigenvalue weighted by molar-refractivity contribution is 0.0951. The largest absolute Gasteiger partial charge is 0.504 e. The number of methoxy groups -OCH3 is 1. The number of hydrogen-bond donors (Lipinski definition) is 2. The lowest BCUT2D eigenvalue weighted by Crippen LogP contribution is -2.25. The molecular weight excluding hydrogens is 262 g/mol. The van der Waals surface area contributed by atoms with Gasteiger partial charge in [0.25, 0.3) is 5.91 Å². The molecule has 4 nitrogen and oxygen atoms in total. The molecule has 0 aliphatic rings. The predicted molar refractivity (Wildman–Crippen MR) is 75.0 cm³/mol. The number of phenolic OH excluding ortho intramolecular Hbond substituents is 1. The Morgan fingerprint density at radius 2 is 2.21 bits per heavy atom. The van der Waals surface area contributed by atoms with Gasteiger partial charge in [-0.15, -0.1) is 11.3 Å². The minimum Gasteiger partial charge on any atom is -0.504 e. The highest BCUT2D eigenvalue weighted by atomic mass is 32.1. The highest BCUT2D eigenvalue weighted by molar-refractivity contribution is 7.09. The van der Waals surface area contributed by atoms with Crippen LogP contribution in [0.2, 0.25) is 0 Å². The van der Waals surface area contributed by atoms with Gasteiger partial charge in [-0.25, -0.2) is 0 Å². The van der Waals surface area contributed by atoms with Crippen LogP contribution in [0.25, 0.3) is 0 Å². The van der Waals surface area contributed by atoms with Crippen LogP contribution in [0.1, 0.15) is 15.2 Å². The molecule has 1 aromatic carbocycles. The van der Waals surface area contributed by atoms with Gasteiger partial charge in [-0.1, -0.05) is 12.1 Å². The van der Waals surface area contributed by atoms with Crippen LogP contribution < -0.4 is 10.1 Å². The zero-order chi connectivity index (χ0) is 13.7. The monoisotopic (exact) mass is 277 g/mol. The van der Waals surface area contributed by atoms with Gasteiger partial charge in [0.2, 0.25) is 0 Å². The molecule has 0 fully saturated rings. The number of amides is 1. The minimum absolute atomic E-state index is 0.126. The van der Waals surface area contributed by atoms with Crippen molar-refractivity contribution < 1.29 is 14.6 Å². The molecule has 0 aliphatic carbocycles. The van der Waals surface area contributed by atoms with Crippen LogP contribution in [-0.2, 0) is 6.42 Å². The van der Waals surface area contributed by atoms with Gasteiger partial charge in [-0.2, -0.15) is 0 Å². The Hall–Kier alpha value is -2.01. The minimum atomic E-state index is -0.298. The molecule has 0 spiro atoms. The van der Waals surface area contributed by atoms with E-state index in [0.29, 0.717) is 12.3 Å². The van der Waals surface area contributed by atoms with E-state index in [1.165, 1.54) is 12.0 Å². The number of aromatic hydroxyl groups is 1. The number of carbonyl (C=O) groups is 1. The summed E-state index contributed by atoms with van der Waals surface area (Å²) < 4.78 is 4.97. The third kappa shape index (κ3) is 3.26. The summed E-state index contributed by atoms with van der Waals surface area (Å²) in [6.45, 7) is 0.538. The van der Waals surface area contributed by atoms with E-state index in [-0.39, 0.29) is 17.2 Å². The molecule has 0 saturated carbocycles. The normalized spacial score (nSPS) is 10.2. The summed E-state index contributed by atoms with van der Waals surface area (Å²) in [4.78, 5) is 13.2. The Balaban J connectivity index is 1.96. The molecule has 0 unspecified atom stereocenters. The van der Waals surface area contributed by atoms with Crippen LogP contribution in [0.5, 0.6) is 11.5 Å². The van der Waals surface area contributed by atoms with Gasteiger partial charge < -0.3 is 15.2 Å². The van der Waals surface area contributed by atoms with Gasteiger partial charge >= 0.3 is 0 Å². The highest BCUT2D eigenvalue weighted by Crippen LogP contribution is 2.29. The molecule has 0 bridgehead atoms. The van der Waals surface area contributed by atoms with Crippen molar-refractivity contribution in [1.82, 2.24) is 5.32 Å². The Morgan fingerprint density at radius 3 is 2.89 bits per heavy atom. The molecule has 2 aromatic rings. The molecule has 1 heterocycles. The SMILES string of the molecule is COc1cccc(C(=O)NCCc2cccs2)c1O. The van der Waals surface area contributed by atoms with Crippen LogP contribution in [-0.4, -0.2) is 24.7 Å². The predicted octanol–water partition coefficient (Wildman–Crippen LogP) is 2.43. The van der Waals surface area contributed by atoms with Crippen molar-refractivity contribution in [2.24, 2.45) is 0 Å². The second kappa shape index (κ2) is 6.24. The average Bonchev–Trinajstić information content (AvgIpc) is 2.92. The molecule has 1 amide bonds. The molecule has 0 radical (unpaired) electrons. The number of ether oxygens (including phenoxy) is 1. The van der Waals surface area contributed by atoms with Crippen LogP contribution in [0, 0.1) is 0 Å². The number of hydrogen-bond acceptors (Lipinski definition) is 4. The van der Waals surface area contributed by atoms with E-state index in [9.17, 15) is 9.90 Å². The molecular formula is C14H15NO3S. The third-order valence-corrected chi connectivity index (χ3v) is 3.64. The summed E-state index contributed by atoms with van der Waals surface area (Å²) in [5, 5.41) is 14.6. The number of nitrogens with one attached hydrogen (secondary N) is 1. The van der Waals surface area contributed by atoms with E-state index < -0.39 is 0 Å². The van der Waals surface area contributed by atoms with Crippen molar-refractivity contribution in [1.29, 1.82) is 0 Å². The van der Waals surface area contributed by atoms with Crippen molar-refractivity contribution in [2.45, 2.75) is 6.42 Å². The fourth-order valence-electron chi connectivity index (χ4n) is 1.72. The maximum atomic E-state index is 11.9. The average molecular weight is 277 g/mol. The topological polar surface area (TPSA) is 58.6 Å². The molecule has 0 aliphatic heterocycles. The highest BCUT2D eigenvalue weighted by Gasteiger charge is 2.14. The standard InChI is InChI=1S/C14H15NO3S/c1-18-12-6-2-5-11(13(12)16)14(17)15-8-7-10-4-3-9-19-10/h2-6,9,16H,7-8H2,1H3,(H,15,17). The first-order valence-electron chi connectivity index (χ1n) is 5.89. The van der Waals surface area contributed by atoms with E-state index in [1.807, 2.05) is 17.5 Å². The Morgan fingerprint density at radius 1 is 1.37 bits per heavy atom. The van der Waals surface area contributed by atoms with Gasteiger partial charge in [0.05, 0.1) is 12.7 Å². The Labute approximate surface area is 115 Å². The number of benzene rings is 1. The maximum Gasteiger partial charge on any atom is 0.255 e. The molecule has 1 aromatic heterocycles. The van der Waals surface area contributed by atoms with Crippen LogP contribution >= 0.6 is 11.3 Å². The van der Waals surface area contributed by atoms with Gasteiger partial charge in [-0.3, -0.25) is 4.79 Å². The van der Waals surface area contributed by atoms with E-state index >= 15 is 0 Å². The van der Waals surface area contributed by atoms with E-state index in [4.69, 9.17) is 4.74 Å². The summed E-state index contributed by atoms with van der Waals surface area (Å²) in [5.41, 5.74) is 0.227. The van der Waals surface area contributed by atoms with Gasteiger partial charge in [0, 0.05) is 11.4 Å². The van der Waals surface area contributed by atoms with Crippen LogP contribution in [0.4, 0.5) is 0 Å². The first-order chi connectivity index (χ1) is 9.22. The molecule has 2 rings (SSSR count). The quantitative estimate of drug-likeness (QED) is 0.882. The molecule has 19 heavy (non-hydrogen) atoms. The van der Waals surface area contributed by atoms with Crippen molar-refractivity contribution in [2.75, 3.05) is 13.7 Å². The number of phenols is 1. The van der Waals surface area contributed by atoms with Gasteiger partial charge in [-0.05, 0) is 30.0 Å². The lowest BCUT2D eigenvalue weighted by atomic mass is 10.1. The molecule has 0 saturated heterocycles. The smallest absolute Gasteiger partial charge is 0.255 e. The summed E-state index contributed by atoms with van der Waals surface area (Å²) in [7, 11) is 1.45. The Bertz CT molecular complexity index is 552. The zero-order valence-corrected chi connectivity index (χ0v) is 11.4. The summed E-state index contributed by atoms with van der Waals surface area (Å²) in [6.07, 6.45) is 0.786. The molecule has 5 heteroatoms. The number of rotatable bonds is 5. The Kier molecular flexibility index (Phi) is 4.41. The zero-order valence-electron chi connectivity index (χ0n) is 10.6.